The van der Waals surface area contributed by atoms with Crippen molar-refractivity contribution >= 4 is 34.5 Å². The lowest BCUT2D eigenvalue weighted by Crippen LogP contribution is -2.13. The average molecular weight is 310 g/mol. The second kappa shape index (κ2) is 5.81. The van der Waals surface area contributed by atoms with Gasteiger partial charge in [0.05, 0.1) is 27.5 Å². The van der Waals surface area contributed by atoms with Crippen molar-refractivity contribution < 1.29 is 4.79 Å². The van der Waals surface area contributed by atoms with Gasteiger partial charge in [-0.3, -0.25) is 4.79 Å². The van der Waals surface area contributed by atoms with Gasteiger partial charge in [-0.05, 0) is 39.0 Å². The number of hydrogen-bond acceptors (Lipinski definition) is 4. The molecule has 0 spiro atoms. The Bertz CT molecular complexity index is 654. The predicted octanol–water partition coefficient (Wildman–Crippen LogP) is 3.69. The van der Waals surface area contributed by atoms with Crippen molar-refractivity contribution in [1.82, 2.24) is 4.98 Å². The molecule has 0 bridgehead atoms. The Morgan fingerprint density at radius 2 is 2.15 bits per heavy atom. The Hall–Kier alpha value is -1.59. The molecule has 1 aromatic carbocycles. The minimum Gasteiger partial charge on any atom is -0.376 e. The van der Waals surface area contributed by atoms with E-state index in [0.717, 1.165) is 10.7 Å². The van der Waals surface area contributed by atoms with Gasteiger partial charge in [-0.2, -0.15) is 0 Å². The number of aromatic nitrogens is 1. The fourth-order valence-electron chi connectivity index (χ4n) is 2.04. The first-order valence-electron chi connectivity index (χ1n) is 6.18. The van der Waals surface area contributed by atoms with E-state index in [1.807, 2.05) is 20.8 Å². The van der Waals surface area contributed by atoms with Crippen LogP contribution in [0.25, 0.3) is 0 Å². The number of thiazole rings is 1. The van der Waals surface area contributed by atoms with Crippen molar-refractivity contribution in [3.05, 3.63) is 44.4 Å². The standard InChI is InChI=1S/C14H16ClN3OS/c1-7(13-8(2)20-9(3)18-13)17-12-6-10(14(16)19)4-5-11(12)15/h4-7,17H,1-3H3,(H2,16,19). The molecule has 1 atom stereocenters. The summed E-state index contributed by atoms with van der Waals surface area (Å²) in [5.74, 6) is -0.474. The molecule has 1 amide bonds. The molecule has 3 N–H and O–H groups in total. The molecule has 1 aromatic heterocycles. The van der Waals surface area contributed by atoms with Gasteiger partial charge in [0.2, 0.25) is 5.91 Å². The summed E-state index contributed by atoms with van der Waals surface area (Å²) in [5.41, 5.74) is 7.38. The molecule has 0 fully saturated rings. The maximum atomic E-state index is 11.2. The fraction of sp³-hybridized carbons (Fsp3) is 0.286. The zero-order valence-electron chi connectivity index (χ0n) is 11.5. The molecule has 0 saturated carbocycles. The van der Waals surface area contributed by atoms with Crippen LogP contribution >= 0.6 is 22.9 Å². The van der Waals surface area contributed by atoms with Crippen LogP contribution in [0.1, 0.15) is 38.9 Å². The van der Waals surface area contributed by atoms with Gasteiger partial charge in [0.15, 0.2) is 0 Å². The van der Waals surface area contributed by atoms with Crippen LogP contribution in [0.3, 0.4) is 0 Å². The molecule has 2 aromatic rings. The normalized spacial score (nSPS) is 12.2. The summed E-state index contributed by atoms with van der Waals surface area (Å²) in [7, 11) is 0. The largest absolute Gasteiger partial charge is 0.376 e. The summed E-state index contributed by atoms with van der Waals surface area (Å²) in [6.45, 7) is 6.03. The molecule has 4 nitrogen and oxygen atoms in total. The highest BCUT2D eigenvalue weighted by molar-refractivity contribution is 7.11. The third-order valence-corrected chi connectivity index (χ3v) is 4.20. The van der Waals surface area contributed by atoms with Crippen molar-refractivity contribution in [2.75, 3.05) is 5.32 Å². The van der Waals surface area contributed by atoms with Crippen LogP contribution in [0.5, 0.6) is 0 Å². The lowest BCUT2D eigenvalue weighted by atomic mass is 10.1. The summed E-state index contributed by atoms with van der Waals surface area (Å²) < 4.78 is 0. The average Bonchev–Trinajstić information content (AvgIpc) is 2.71. The Morgan fingerprint density at radius 1 is 1.45 bits per heavy atom. The second-order valence-corrected chi connectivity index (χ2v) is 6.41. The number of nitrogens with two attached hydrogens (primary N) is 1. The lowest BCUT2D eigenvalue weighted by Gasteiger charge is -2.16. The number of anilines is 1. The third kappa shape index (κ3) is 3.11. The van der Waals surface area contributed by atoms with Crippen molar-refractivity contribution in [2.45, 2.75) is 26.8 Å². The van der Waals surface area contributed by atoms with E-state index in [4.69, 9.17) is 17.3 Å². The molecule has 1 unspecified atom stereocenters. The van der Waals surface area contributed by atoms with E-state index in [1.54, 1.807) is 29.5 Å². The molecule has 0 aliphatic carbocycles. The molecular formula is C14H16ClN3OS. The molecule has 0 radical (unpaired) electrons. The Morgan fingerprint density at radius 3 is 2.70 bits per heavy atom. The number of halogens is 1. The molecule has 2 rings (SSSR count). The zero-order valence-corrected chi connectivity index (χ0v) is 13.1. The minimum absolute atomic E-state index is 0.000534. The molecule has 106 valence electrons. The smallest absolute Gasteiger partial charge is 0.248 e. The Labute approximate surface area is 127 Å². The van der Waals surface area contributed by atoms with E-state index in [2.05, 4.69) is 10.3 Å². The van der Waals surface area contributed by atoms with Gasteiger partial charge < -0.3 is 11.1 Å². The van der Waals surface area contributed by atoms with Crippen LogP contribution in [0.15, 0.2) is 18.2 Å². The number of primary amides is 1. The summed E-state index contributed by atoms with van der Waals surface area (Å²) in [4.78, 5) is 16.9. The van der Waals surface area contributed by atoms with Crippen LogP contribution in [0.4, 0.5) is 5.69 Å². The quantitative estimate of drug-likeness (QED) is 0.905. The van der Waals surface area contributed by atoms with Gasteiger partial charge in [0, 0.05) is 10.4 Å². The van der Waals surface area contributed by atoms with Crippen LogP contribution < -0.4 is 11.1 Å². The highest BCUT2D eigenvalue weighted by Gasteiger charge is 2.15. The number of benzene rings is 1. The van der Waals surface area contributed by atoms with Gasteiger partial charge in [-0.25, -0.2) is 4.98 Å². The van der Waals surface area contributed by atoms with Crippen molar-refractivity contribution in [2.24, 2.45) is 5.73 Å². The van der Waals surface area contributed by atoms with E-state index in [0.29, 0.717) is 16.3 Å². The number of nitrogens with one attached hydrogen (secondary N) is 1. The molecule has 1 heterocycles. The number of aryl methyl sites for hydroxylation is 2. The lowest BCUT2D eigenvalue weighted by molar-refractivity contribution is 0.100. The van der Waals surface area contributed by atoms with Crippen molar-refractivity contribution in [3.63, 3.8) is 0 Å². The summed E-state index contributed by atoms with van der Waals surface area (Å²) in [5, 5.41) is 4.86. The zero-order chi connectivity index (χ0) is 14.9. The highest BCUT2D eigenvalue weighted by Crippen LogP contribution is 2.29. The first-order valence-corrected chi connectivity index (χ1v) is 7.37. The summed E-state index contributed by atoms with van der Waals surface area (Å²) >= 11 is 7.81. The van der Waals surface area contributed by atoms with Crippen LogP contribution in [-0.4, -0.2) is 10.9 Å². The SMILES string of the molecule is Cc1nc(C(C)Nc2cc(C(N)=O)ccc2Cl)c(C)s1. The van der Waals surface area contributed by atoms with E-state index >= 15 is 0 Å². The topological polar surface area (TPSA) is 68.0 Å². The summed E-state index contributed by atoms with van der Waals surface area (Å²) in [6, 6.07) is 4.94. The number of carbonyl (C=O) groups is 1. The number of nitrogens with zero attached hydrogens (tertiary/aromatic N) is 1. The second-order valence-electron chi connectivity index (χ2n) is 4.60. The predicted molar refractivity (Wildman–Crippen MR) is 83.6 cm³/mol. The molecule has 6 heteroatoms. The van der Waals surface area contributed by atoms with Crippen LogP contribution in [0.2, 0.25) is 5.02 Å². The van der Waals surface area contributed by atoms with Crippen molar-refractivity contribution in [3.8, 4) is 0 Å². The molecule has 0 aliphatic heterocycles. The number of amides is 1. The van der Waals surface area contributed by atoms with Gasteiger partial charge >= 0.3 is 0 Å². The van der Waals surface area contributed by atoms with Crippen molar-refractivity contribution in [1.29, 1.82) is 0 Å². The first kappa shape index (κ1) is 14.8. The van der Waals surface area contributed by atoms with E-state index in [9.17, 15) is 4.79 Å². The molecule has 0 aliphatic rings. The molecule has 20 heavy (non-hydrogen) atoms. The van der Waals surface area contributed by atoms with Crippen LogP contribution in [0, 0.1) is 13.8 Å². The first-order chi connectivity index (χ1) is 9.38. The van der Waals surface area contributed by atoms with E-state index in [1.165, 1.54) is 4.88 Å². The number of rotatable bonds is 4. The maximum Gasteiger partial charge on any atom is 0.248 e. The van der Waals surface area contributed by atoms with E-state index in [-0.39, 0.29) is 6.04 Å². The van der Waals surface area contributed by atoms with Gasteiger partial charge in [-0.15, -0.1) is 11.3 Å². The monoisotopic (exact) mass is 309 g/mol. The van der Waals surface area contributed by atoms with Gasteiger partial charge in [-0.1, -0.05) is 11.6 Å². The van der Waals surface area contributed by atoms with Gasteiger partial charge in [0.25, 0.3) is 0 Å². The number of carbonyl (C=O) groups excluding carboxylic acids is 1. The Balaban J connectivity index is 2.27. The van der Waals surface area contributed by atoms with Gasteiger partial charge in [0.1, 0.15) is 0 Å². The summed E-state index contributed by atoms with van der Waals surface area (Å²) in [6.07, 6.45) is 0. The minimum atomic E-state index is -0.474. The number of hydrogen-bond donors (Lipinski definition) is 2. The maximum absolute atomic E-state index is 11.2. The Kier molecular flexibility index (Phi) is 4.30. The molecular weight excluding hydrogens is 294 g/mol. The van der Waals surface area contributed by atoms with E-state index < -0.39 is 5.91 Å². The molecule has 0 saturated heterocycles. The van der Waals surface area contributed by atoms with Crippen LogP contribution in [-0.2, 0) is 0 Å². The third-order valence-electron chi connectivity index (χ3n) is 2.97. The fourth-order valence-corrected chi connectivity index (χ4v) is 3.12. The highest BCUT2D eigenvalue weighted by atomic mass is 35.5.